The van der Waals surface area contributed by atoms with Gasteiger partial charge in [0.2, 0.25) is 0 Å². The highest BCUT2D eigenvalue weighted by atomic mass is 35.5. The molecule has 5 nitrogen and oxygen atoms in total. The molecule has 1 N–H and O–H groups in total. The van der Waals surface area contributed by atoms with Crippen LogP contribution in [-0.4, -0.2) is 33.9 Å². The maximum absolute atomic E-state index is 12.9. The quantitative estimate of drug-likeness (QED) is 0.846. The molecule has 1 aromatic carbocycles. The maximum Gasteiger partial charge on any atom is 0.417 e. The lowest BCUT2D eigenvalue weighted by Gasteiger charge is -2.18. The first-order valence-corrected chi connectivity index (χ1v) is 7.89. The van der Waals surface area contributed by atoms with Crippen molar-refractivity contribution in [3.05, 3.63) is 46.9 Å². The predicted molar refractivity (Wildman–Crippen MR) is 89.0 cm³/mol. The van der Waals surface area contributed by atoms with Crippen LogP contribution in [-0.2, 0) is 6.18 Å². The molecule has 25 heavy (non-hydrogen) atoms. The van der Waals surface area contributed by atoms with Gasteiger partial charge < -0.3 is 10.2 Å². The third-order valence-corrected chi connectivity index (χ3v) is 3.81. The summed E-state index contributed by atoms with van der Waals surface area (Å²) in [4.78, 5) is 21.7. The van der Waals surface area contributed by atoms with Crippen LogP contribution in [0.2, 0.25) is 5.02 Å². The Morgan fingerprint density at radius 2 is 1.88 bits per heavy atom. The summed E-state index contributed by atoms with van der Waals surface area (Å²) in [5.41, 5.74) is -0.643. The zero-order chi connectivity index (χ0) is 18.6. The van der Waals surface area contributed by atoms with Crippen LogP contribution in [0.1, 0.15) is 29.9 Å². The van der Waals surface area contributed by atoms with E-state index in [0.717, 1.165) is 12.1 Å². The van der Waals surface area contributed by atoms with E-state index in [1.165, 1.54) is 18.5 Å². The minimum absolute atomic E-state index is 0.150. The highest BCUT2D eigenvalue weighted by Crippen LogP contribution is 2.36. The number of nitrogens with one attached hydrogen (secondary N) is 1. The summed E-state index contributed by atoms with van der Waals surface area (Å²) in [5.74, 6) is -0.0662. The van der Waals surface area contributed by atoms with Crippen LogP contribution in [0.25, 0.3) is 0 Å². The van der Waals surface area contributed by atoms with Crippen LogP contribution < -0.4 is 5.32 Å². The Hall–Kier alpha value is -2.35. The number of hydrogen-bond donors (Lipinski definition) is 1. The summed E-state index contributed by atoms with van der Waals surface area (Å²) >= 11 is 5.59. The molecule has 0 bridgehead atoms. The molecular weight excluding hydrogens is 357 g/mol. The van der Waals surface area contributed by atoms with E-state index < -0.39 is 16.8 Å². The van der Waals surface area contributed by atoms with Gasteiger partial charge in [-0.2, -0.15) is 13.2 Å². The average molecular weight is 373 g/mol. The summed E-state index contributed by atoms with van der Waals surface area (Å²) in [5, 5.41) is 2.34. The molecule has 1 heterocycles. The third kappa shape index (κ3) is 4.60. The Kier molecular flexibility index (Phi) is 5.84. The second-order valence-electron chi connectivity index (χ2n) is 5.08. The standard InChI is InChI=1S/C16H16ClF3N4O/c1-3-24(4-2)15(25)13-8-14(22-9-21-13)23-10-5-6-12(17)11(7-10)16(18,19)20/h5-9H,3-4H2,1-2H3,(H,21,22,23). The Morgan fingerprint density at radius 3 is 2.48 bits per heavy atom. The summed E-state index contributed by atoms with van der Waals surface area (Å²) in [7, 11) is 0. The zero-order valence-electron chi connectivity index (χ0n) is 13.6. The fourth-order valence-electron chi connectivity index (χ4n) is 2.18. The van der Waals surface area contributed by atoms with Crippen molar-refractivity contribution < 1.29 is 18.0 Å². The number of nitrogens with zero attached hydrogens (tertiary/aromatic N) is 3. The lowest BCUT2D eigenvalue weighted by molar-refractivity contribution is -0.137. The second kappa shape index (κ2) is 7.69. The maximum atomic E-state index is 12.9. The van der Waals surface area contributed by atoms with Crippen LogP contribution in [0, 0.1) is 0 Å². The molecule has 0 unspecified atom stereocenters. The molecule has 2 aromatic rings. The molecule has 0 saturated heterocycles. The lowest BCUT2D eigenvalue weighted by atomic mass is 10.2. The Labute approximate surface area is 147 Å². The number of benzene rings is 1. The van der Waals surface area contributed by atoms with Crippen molar-refractivity contribution in [1.82, 2.24) is 14.9 Å². The summed E-state index contributed by atoms with van der Waals surface area (Å²) in [6.07, 6.45) is -3.38. The number of carbonyl (C=O) groups excluding carboxylic acids is 1. The van der Waals surface area contributed by atoms with Crippen LogP contribution in [0.3, 0.4) is 0 Å². The van der Waals surface area contributed by atoms with Crippen molar-refractivity contribution in [3.8, 4) is 0 Å². The summed E-state index contributed by atoms with van der Waals surface area (Å²) in [6.45, 7) is 4.73. The number of alkyl halides is 3. The normalized spacial score (nSPS) is 11.3. The van der Waals surface area contributed by atoms with Gasteiger partial charge in [-0.15, -0.1) is 0 Å². The molecule has 2 rings (SSSR count). The van der Waals surface area contributed by atoms with Crippen molar-refractivity contribution in [2.75, 3.05) is 18.4 Å². The second-order valence-corrected chi connectivity index (χ2v) is 5.49. The lowest BCUT2D eigenvalue weighted by Crippen LogP contribution is -2.31. The van der Waals surface area contributed by atoms with Crippen molar-refractivity contribution in [1.29, 1.82) is 0 Å². The van der Waals surface area contributed by atoms with Crippen LogP contribution in [0.15, 0.2) is 30.6 Å². The highest BCUT2D eigenvalue weighted by Gasteiger charge is 2.33. The van der Waals surface area contributed by atoms with Crippen LogP contribution in [0.5, 0.6) is 0 Å². The molecular formula is C16H16ClF3N4O. The van der Waals surface area contributed by atoms with Gasteiger partial charge in [-0.05, 0) is 32.0 Å². The number of anilines is 2. The predicted octanol–water partition coefficient (Wildman–Crippen LogP) is 4.37. The molecule has 0 spiro atoms. The highest BCUT2D eigenvalue weighted by molar-refractivity contribution is 6.31. The summed E-state index contributed by atoms with van der Waals surface area (Å²) in [6, 6.07) is 4.82. The van der Waals surface area contributed by atoms with E-state index in [4.69, 9.17) is 11.6 Å². The third-order valence-electron chi connectivity index (χ3n) is 3.48. The first-order chi connectivity index (χ1) is 11.8. The van der Waals surface area contributed by atoms with Gasteiger partial charge in [-0.25, -0.2) is 9.97 Å². The average Bonchev–Trinajstić information content (AvgIpc) is 2.57. The Bertz CT molecular complexity index is 763. The number of halogens is 4. The number of carbonyl (C=O) groups is 1. The van der Waals surface area contributed by atoms with Gasteiger partial charge in [0.1, 0.15) is 17.8 Å². The smallest absolute Gasteiger partial charge is 0.340 e. The van der Waals surface area contributed by atoms with Crippen LogP contribution >= 0.6 is 11.6 Å². The molecule has 0 aliphatic heterocycles. The fraction of sp³-hybridized carbons (Fsp3) is 0.312. The first-order valence-electron chi connectivity index (χ1n) is 7.51. The number of amides is 1. The van der Waals surface area contributed by atoms with E-state index in [1.807, 2.05) is 13.8 Å². The molecule has 134 valence electrons. The van der Waals surface area contributed by atoms with E-state index in [2.05, 4.69) is 15.3 Å². The molecule has 9 heteroatoms. The molecule has 1 amide bonds. The summed E-state index contributed by atoms with van der Waals surface area (Å²) < 4.78 is 38.7. The van der Waals surface area contributed by atoms with E-state index in [0.29, 0.717) is 13.1 Å². The molecule has 0 saturated carbocycles. The molecule has 0 aliphatic carbocycles. The van der Waals surface area contributed by atoms with Gasteiger partial charge in [0.05, 0.1) is 10.6 Å². The first kappa shape index (κ1) is 19.0. The zero-order valence-corrected chi connectivity index (χ0v) is 14.3. The van der Waals surface area contributed by atoms with Gasteiger partial charge >= 0.3 is 6.18 Å². The minimum atomic E-state index is -4.57. The Balaban J connectivity index is 2.27. The minimum Gasteiger partial charge on any atom is -0.340 e. The number of aromatic nitrogens is 2. The van der Waals surface area contributed by atoms with Gasteiger partial charge in [0.25, 0.3) is 5.91 Å². The van der Waals surface area contributed by atoms with Crippen LogP contribution in [0.4, 0.5) is 24.7 Å². The largest absolute Gasteiger partial charge is 0.417 e. The van der Waals surface area contributed by atoms with Crippen molar-refractivity contribution in [2.24, 2.45) is 0 Å². The number of rotatable bonds is 5. The SMILES string of the molecule is CCN(CC)C(=O)c1cc(Nc2ccc(Cl)c(C(F)(F)F)c2)ncn1. The Morgan fingerprint density at radius 1 is 1.20 bits per heavy atom. The van der Waals surface area contributed by atoms with Gasteiger partial charge in [0.15, 0.2) is 0 Å². The van der Waals surface area contributed by atoms with Gasteiger partial charge in [-0.3, -0.25) is 4.79 Å². The monoisotopic (exact) mass is 372 g/mol. The van der Waals surface area contributed by atoms with Gasteiger partial charge in [-0.1, -0.05) is 11.6 Å². The molecule has 0 fully saturated rings. The van der Waals surface area contributed by atoms with Crippen molar-refractivity contribution >= 4 is 29.0 Å². The molecule has 0 atom stereocenters. The van der Waals surface area contributed by atoms with E-state index >= 15 is 0 Å². The molecule has 1 aromatic heterocycles. The van der Waals surface area contributed by atoms with Crippen molar-refractivity contribution in [3.63, 3.8) is 0 Å². The number of hydrogen-bond acceptors (Lipinski definition) is 4. The van der Waals surface area contributed by atoms with Gasteiger partial charge in [0, 0.05) is 24.8 Å². The van der Waals surface area contributed by atoms with E-state index in [9.17, 15) is 18.0 Å². The van der Waals surface area contributed by atoms with Crippen molar-refractivity contribution in [2.45, 2.75) is 20.0 Å². The van der Waals surface area contributed by atoms with E-state index in [1.54, 1.807) is 4.90 Å². The topological polar surface area (TPSA) is 58.1 Å². The molecule has 0 radical (unpaired) electrons. The molecule has 0 aliphatic rings. The van der Waals surface area contributed by atoms with E-state index in [-0.39, 0.29) is 23.1 Å². The fourth-order valence-corrected chi connectivity index (χ4v) is 2.41.